The van der Waals surface area contributed by atoms with Crippen molar-refractivity contribution in [1.29, 1.82) is 0 Å². The van der Waals surface area contributed by atoms with Crippen LogP contribution in [0, 0.1) is 0 Å². The zero-order valence-corrected chi connectivity index (χ0v) is 20.3. The molecular weight excluding hydrogens is 460 g/mol. The first-order chi connectivity index (χ1) is 17.2. The Labute approximate surface area is 208 Å². The van der Waals surface area contributed by atoms with Crippen LogP contribution in [0.3, 0.4) is 0 Å². The Hall–Kier alpha value is -3.23. The van der Waals surface area contributed by atoms with Crippen LogP contribution in [-0.2, 0) is 0 Å². The molecule has 0 bridgehead atoms. The van der Waals surface area contributed by atoms with Crippen molar-refractivity contribution >= 4 is 28.1 Å². The van der Waals surface area contributed by atoms with Gasteiger partial charge in [0.25, 0.3) is 11.1 Å². The molecule has 2 saturated heterocycles. The van der Waals surface area contributed by atoms with Crippen LogP contribution in [-0.4, -0.2) is 64.2 Å². The van der Waals surface area contributed by atoms with Crippen LogP contribution in [0.4, 0.5) is 0 Å². The lowest BCUT2D eigenvalue weighted by molar-refractivity contribution is 0.0425. The van der Waals surface area contributed by atoms with Gasteiger partial charge >= 0.3 is 0 Å². The van der Waals surface area contributed by atoms with Crippen molar-refractivity contribution in [2.24, 2.45) is 0 Å². The van der Waals surface area contributed by atoms with Crippen molar-refractivity contribution < 1.29 is 14.1 Å². The highest BCUT2D eigenvalue weighted by atomic mass is 32.1. The maximum atomic E-state index is 13.3. The van der Waals surface area contributed by atoms with Gasteiger partial charge in [-0.1, -0.05) is 46.8 Å². The fourth-order valence-corrected chi connectivity index (χ4v) is 5.81. The van der Waals surface area contributed by atoms with Gasteiger partial charge in [-0.2, -0.15) is 0 Å². The van der Waals surface area contributed by atoms with Gasteiger partial charge < -0.3 is 14.2 Å². The van der Waals surface area contributed by atoms with Gasteiger partial charge in [0.15, 0.2) is 5.76 Å². The van der Waals surface area contributed by atoms with Crippen molar-refractivity contribution in [3.63, 3.8) is 0 Å². The quantitative estimate of drug-likeness (QED) is 0.389. The third-order valence-corrected chi connectivity index (χ3v) is 7.84. The number of benzene rings is 2. The molecule has 0 radical (unpaired) electrons. The number of hydrogen-bond donors (Lipinski definition) is 0. The molecule has 2 aromatic heterocycles. The van der Waals surface area contributed by atoms with Gasteiger partial charge in [0.2, 0.25) is 0 Å². The van der Waals surface area contributed by atoms with Gasteiger partial charge in [0, 0.05) is 54.9 Å². The summed E-state index contributed by atoms with van der Waals surface area (Å²) in [6.45, 7) is 3.65. The van der Waals surface area contributed by atoms with Crippen molar-refractivity contribution in [2.75, 3.05) is 26.2 Å². The molecule has 0 N–H and O–H groups in total. The van der Waals surface area contributed by atoms with E-state index < -0.39 is 0 Å². The molecule has 35 heavy (non-hydrogen) atoms. The third-order valence-electron chi connectivity index (χ3n) is 7.18. The molecule has 2 aliphatic heterocycles. The molecule has 4 aromatic rings. The summed E-state index contributed by atoms with van der Waals surface area (Å²) in [7, 11) is 0. The minimum Gasteiger partial charge on any atom is -0.467 e. The summed E-state index contributed by atoms with van der Waals surface area (Å²) >= 11 is 1.55. The molecule has 2 aliphatic rings. The van der Waals surface area contributed by atoms with E-state index in [1.54, 1.807) is 17.5 Å². The van der Waals surface area contributed by atoms with E-state index in [9.17, 15) is 4.79 Å². The summed E-state index contributed by atoms with van der Waals surface area (Å²) in [5, 5.41) is 7.78. The average Bonchev–Trinajstić information content (AvgIpc) is 3.59. The largest absolute Gasteiger partial charge is 0.467 e. The molecule has 7 nitrogen and oxygen atoms in total. The second-order valence-electron chi connectivity index (χ2n) is 9.28. The number of carbonyl (C=O) groups is 1. The van der Waals surface area contributed by atoms with Gasteiger partial charge in [-0.15, -0.1) is 0 Å². The number of nitrogens with zero attached hydrogens (tertiary/aromatic N) is 4. The van der Waals surface area contributed by atoms with Crippen molar-refractivity contribution in [3.05, 3.63) is 65.7 Å². The lowest BCUT2D eigenvalue weighted by Gasteiger charge is -2.41. The topological polar surface area (TPSA) is 71.7 Å². The van der Waals surface area contributed by atoms with E-state index in [4.69, 9.17) is 9.26 Å². The second-order valence-corrected chi connectivity index (χ2v) is 10.1. The summed E-state index contributed by atoms with van der Waals surface area (Å²) in [4.78, 5) is 22.1. The highest BCUT2D eigenvalue weighted by molar-refractivity contribution is 7.11. The molecule has 0 spiro atoms. The Balaban J connectivity index is 1.06. The molecule has 6 rings (SSSR count). The summed E-state index contributed by atoms with van der Waals surface area (Å²) in [6, 6.07) is 16.1. The van der Waals surface area contributed by atoms with Crippen LogP contribution in [0.5, 0.6) is 5.19 Å². The molecule has 2 fully saturated rings. The molecule has 0 saturated carbocycles. The molecule has 4 heterocycles. The fraction of sp³-hybridized carbons (Fsp3) is 0.370. The van der Waals surface area contributed by atoms with Gasteiger partial charge in [-0.05, 0) is 43.9 Å². The Morgan fingerprint density at radius 3 is 2.54 bits per heavy atom. The summed E-state index contributed by atoms with van der Waals surface area (Å²) in [5.74, 6) is 0.789. The van der Waals surface area contributed by atoms with E-state index in [1.165, 1.54) is 0 Å². The molecule has 0 atom stereocenters. The third kappa shape index (κ3) is 4.68. The van der Waals surface area contributed by atoms with E-state index in [0.717, 1.165) is 73.5 Å². The number of ether oxygens (including phenoxy) is 1. The maximum absolute atomic E-state index is 13.3. The molecule has 2 aromatic carbocycles. The molecule has 8 heteroatoms. The predicted octanol–water partition coefficient (Wildman–Crippen LogP) is 5.10. The van der Waals surface area contributed by atoms with E-state index in [0.29, 0.717) is 17.4 Å². The normalized spacial score (nSPS) is 18.2. The number of amides is 1. The van der Waals surface area contributed by atoms with Crippen LogP contribution >= 0.6 is 11.3 Å². The zero-order valence-electron chi connectivity index (χ0n) is 19.5. The minimum absolute atomic E-state index is 0.0844. The average molecular weight is 489 g/mol. The maximum Gasteiger partial charge on any atom is 0.273 e. The number of thiazole rings is 1. The molecular formula is C27H28N4O3S. The van der Waals surface area contributed by atoms with Crippen molar-refractivity contribution in [2.45, 2.75) is 37.8 Å². The van der Waals surface area contributed by atoms with Crippen LogP contribution in [0.1, 0.15) is 36.0 Å². The Morgan fingerprint density at radius 1 is 1.00 bits per heavy atom. The number of likely N-dealkylation sites (tertiary alicyclic amines) is 2. The van der Waals surface area contributed by atoms with Crippen LogP contribution < -0.4 is 4.74 Å². The fourth-order valence-electron chi connectivity index (χ4n) is 5.26. The first-order valence-corrected chi connectivity index (χ1v) is 13.2. The number of aromatic nitrogens is 2. The van der Waals surface area contributed by atoms with E-state index >= 15 is 0 Å². The van der Waals surface area contributed by atoms with Gasteiger partial charge in [-0.3, -0.25) is 9.69 Å². The minimum atomic E-state index is 0.0844. The second kappa shape index (κ2) is 9.79. The lowest BCUT2D eigenvalue weighted by atomic mass is 9.98. The summed E-state index contributed by atoms with van der Waals surface area (Å²) in [5.41, 5.74) is 2.42. The molecule has 180 valence electrons. The van der Waals surface area contributed by atoms with E-state index in [2.05, 4.69) is 15.0 Å². The summed E-state index contributed by atoms with van der Waals surface area (Å²) in [6.07, 6.45) is 6.12. The number of rotatable bonds is 5. The number of piperidine rings is 2. The Kier molecular flexibility index (Phi) is 6.22. The zero-order chi connectivity index (χ0) is 23.6. The van der Waals surface area contributed by atoms with Crippen molar-refractivity contribution in [1.82, 2.24) is 19.9 Å². The number of fused-ring (bicyclic) bond motifs is 1. The predicted molar refractivity (Wildman–Crippen MR) is 136 cm³/mol. The lowest BCUT2D eigenvalue weighted by Crippen LogP contribution is -2.50. The van der Waals surface area contributed by atoms with Gasteiger partial charge in [0.1, 0.15) is 11.6 Å². The first kappa shape index (κ1) is 22.2. The first-order valence-electron chi connectivity index (χ1n) is 12.3. The SMILES string of the molecule is O=C(c1ccc2noc(-c3ccccc3)c2c1)N1CCC(N2CCC(Oc3nccs3)CC2)CC1. The van der Waals surface area contributed by atoms with Crippen molar-refractivity contribution in [3.8, 4) is 16.5 Å². The van der Waals surface area contributed by atoms with E-state index in [-0.39, 0.29) is 12.0 Å². The van der Waals surface area contributed by atoms with Gasteiger partial charge in [0.05, 0.1) is 5.39 Å². The van der Waals surface area contributed by atoms with Crippen LogP contribution in [0.25, 0.3) is 22.2 Å². The smallest absolute Gasteiger partial charge is 0.273 e. The van der Waals surface area contributed by atoms with E-state index in [1.807, 2.05) is 58.8 Å². The summed E-state index contributed by atoms with van der Waals surface area (Å²) < 4.78 is 11.6. The molecule has 0 unspecified atom stereocenters. The number of hydrogen-bond acceptors (Lipinski definition) is 7. The highest BCUT2D eigenvalue weighted by Crippen LogP contribution is 2.30. The van der Waals surface area contributed by atoms with Crippen LogP contribution in [0.2, 0.25) is 0 Å². The monoisotopic (exact) mass is 488 g/mol. The standard InChI is InChI=1S/C27H28N4O3S/c32-26(20-6-7-24-23(18-20)25(34-29-24)19-4-2-1-3-5-19)31-13-8-21(9-14-31)30-15-10-22(11-16-30)33-27-28-12-17-35-27/h1-7,12,17-18,21-22H,8-11,13-16H2. The van der Waals surface area contributed by atoms with Gasteiger partial charge in [-0.25, -0.2) is 4.98 Å². The molecule has 1 amide bonds. The molecule has 0 aliphatic carbocycles. The number of carbonyl (C=O) groups excluding carboxylic acids is 1. The highest BCUT2D eigenvalue weighted by Gasteiger charge is 2.31. The van der Waals surface area contributed by atoms with Crippen LogP contribution in [0.15, 0.2) is 64.6 Å². The Bertz CT molecular complexity index is 1270. The Morgan fingerprint density at radius 2 is 1.80 bits per heavy atom.